The Balaban J connectivity index is 2.54. The molecule has 17 heavy (non-hydrogen) atoms. The molecule has 1 N–H and O–H groups in total. The van der Waals surface area contributed by atoms with Crippen LogP contribution in [0.15, 0.2) is 54.7 Å². The molecule has 80 valence electrons. The fourth-order valence-electron chi connectivity index (χ4n) is 2.66. The summed E-state index contributed by atoms with van der Waals surface area (Å²) in [5, 5.41) is 12.1. The van der Waals surface area contributed by atoms with E-state index in [1.54, 1.807) is 0 Å². The van der Waals surface area contributed by atoms with E-state index in [0.29, 0.717) is 5.36 Å². The van der Waals surface area contributed by atoms with Crippen molar-refractivity contribution in [3.63, 3.8) is 0 Å². The van der Waals surface area contributed by atoms with Crippen molar-refractivity contribution in [3.05, 3.63) is 60.1 Å². The molecule has 0 bridgehead atoms. The molecular weight excluding hydrogens is 208 g/mol. The molecule has 0 saturated carbocycles. The molecule has 0 radical (unpaired) electrons. The lowest BCUT2D eigenvalue weighted by Gasteiger charge is -2.00. The Bertz CT molecular complexity index is 868. The van der Waals surface area contributed by atoms with Gasteiger partial charge >= 0.3 is 0 Å². The summed E-state index contributed by atoms with van der Waals surface area (Å²) in [4.78, 5) is 0. The molecule has 0 spiro atoms. The number of hydrogen-bond acceptors (Lipinski definition) is 1. The number of fused-ring (bicyclic) bond motifs is 3. The monoisotopic (exact) mass is 218 g/mol. The van der Waals surface area contributed by atoms with E-state index in [4.69, 9.17) is 5.41 Å². The maximum atomic E-state index is 7.98. The van der Waals surface area contributed by atoms with Gasteiger partial charge in [-0.25, -0.2) is 0 Å². The highest BCUT2D eigenvalue weighted by atomic mass is 14.9. The molecular formula is C15H10N2. The van der Waals surface area contributed by atoms with Gasteiger partial charge in [0.25, 0.3) is 0 Å². The van der Waals surface area contributed by atoms with Crippen LogP contribution >= 0.6 is 0 Å². The SMILES string of the molecule is N=c1ccn2c3ccccc3c3cccc1c32. The van der Waals surface area contributed by atoms with Gasteiger partial charge in [-0.1, -0.05) is 36.4 Å². The van der Waals surface area contributed by atoms with E-state index in [-0.39, 0.29) is 0 Å². The Morgan fingerprint density at radius 1 is 0.765 bits per heavy atom. The van der Waals surface area contributed by atoms with E-state index in [1.165, 1.54) is 16.3 Å². The Labute approximate surface area is 97.6 Å². The van der Waals surface area contributed by atoms with Gasteiger partial charge in [0, 0.05) is 22.4 Å². The molecule has 0 saturated heterocycles. The van der Waals surface area contributed by atoms with Crippen LogP contribution in [0, 0.1) is 5.41 Å². The summed E-state index contributed by atoms with van der Waals surface area (Å²) in [6.07, 6.45) is 1.99. The standard InChI is InChI=1S/C15H10N2/c16-13-8-9-17-14-7-2-1-4-10(14)11-5-3-6-12(13)15(11)17/h1-9,16H. The zero-order valence-electron chi connectivity index (χ0n) is 9.14. The van der Waals surface area contributed by atoms with Crippen molar-refractivity contribution in [2.45, 2.75) is 0 Å². The minimum Gasteiger partial charge on any atom is -0.315 e. The largest absolute Gasteiger partial charge is 0.315 e. The zero-order chi connectivity index (χ0) is 11.4. The average molecular weight is 218 g/mol. The number of nitrogens with zero attached hydrogens (tertiary/aromatic N) is 1. The van der Waals surface area contributed by atoms with Crippen LogP contribution in [0.2, 0.25) is 0 Å². The summed E-state index contributed by atoms with van der Waals surface area (Å²) in [5.41, 5.74) is 2.36. The first-order valence-electron chi connectivity index (χ1n) is 5.65. The van der Waals surface area contributed by atoms with Crippen LogP contribution in [-0.2, 0) is 0 Å². The lowest BCUT2D eigenvalue weighted by atomic mass is 10.1. The molecule has 2 aromatic heterocycles. The van der Waals surface area contributed by atoms with Crippen LogP contribution < -0.4 is 5.36 Å². The van der Waals surface area contributed by atoms with E-state index in [0.717, 1.165) is 10.9 Å². The second-order valence-electron chi connectivity index (χ2n) is 4.32. The number of nitrogens with one attached hydrogen (secondary N) is 1. The molecule has 0 aliphatic rings. The molecule has 0 aliphatic carbocycles. The van der Waals surface area contributed by atoms with Crippen LogP contribution in [-0.4, -0.2) is 4.40 Å². The highest BCUT2D eigenvalue weighted by molar-refractivity contribution is 6.13. The van der Waals surface area contributed by atoms with E-state index in [9.17, 15) is 0 Å². The highest BCUT2D eigenvalue weighted by Gasteiger charge is 2.09. The molecule has 0 aliphatic heterocycles. The summed E-state index contributed by atoms with van der Waals surface area (Å²) in [7, 11) is 0. The van der Waals surface area contributed by atoms with Crippen LogP contribution in [0.25, 0.3) is 27.2 Å². The molecule has 4 aromatic rings. The second kappa shape index (κ2) is 2.86. The van der Waals surface area contributed by atoms with Crippen molar-refractivity contribution < 1.29 is 0 Å². The Morgan fingerprint density at radius 3 is 2.47 bits per heavy atom. The number of hydrogen-bond donors (Lipinski definition) is 1. The molecule has 2 nitrogen and oxygen atoms in total. The maximum absolute atomic E-state index is 7.98. The highest BCUT2D eigenvalue weighted by Crippen LogP contribution is 2.29. The summed E-state index contributed by atoms with van der Waals surface area (Å²) >= 11 is 0. The third-order valence-electron chi connectivity index (χ3n) is 3.41. The van der Waals surface area contributed by atoms with Gasteiger partial charge in [-0.3, -0.25) is 0 Å². The van der Waals surface area contributed by atoms with Gasteiger partial charge in [0.1, 0.15) is 0 Å². The normalized spacial score (nSPS) is 11.8. The first-order valence-corrected chi connectivity index (χ1v) is 5.65. The van der Waals surface area contributed by atoms with Gasteiger partial charge in [-0.15, -0.1) is 0 Å². The molecule has 0 fully saturated rings. The molecule has 2 aromatic carbocycles. The van der Waals surface area contributed by atoms with Crippen molar-refractivity contribution >= 4 is 27.2 Å². The molecule has 0 unspecified atom stereocenters. The van der Waals surface area contributed by atoms with Gasteiger partial charge in [0.2, 0.25) is 0 Å². The van der Waals surface area contributed by atoms with Gasteiger partial charge < -0.3 is 9.81 Å². The molecule has 4 rings (SSSR count). The molecule has 2 heteroatoms. The Morgan fingerprint density at radius 2 is 1.53 bits per heavy atom. The van der Waals surface area contributed by atoms with E-state index in [1.807, 2.05) is 24.4 Å². The summed E-state index contributed by atoms with van der Waals surface area (Å²) in [6.45, 7) is 0. The summed E-state index contributed by atoms with van der Waals surface area (Å²) < 4.78 is 2.18. The third kappa shape index (κ3) is 0.972. The second-order valence-corrected chi connectivity index (χ2v) is 4.32. The van der Waals surface area contributed by atoms with E-state index >= 15 is 0 Å². The minimum absolute atomic E-state index is 0.589. The van der Waals surface area contributed by atoms with Gasteiger partial charge in [0.05, 0.1) is 16.4 Å². The van der Waals surface area contributed by atoms with Gasteiger partial charge in [0.15, 0.2) is 0 Å². The number of aromatic nitrogens is 1. The van der Waals surface area contributed by atoms with Crippen LogP contribution in [0.3, 0.4) is 0 Å². The van der Waals surface area contributed by atoms with Crippen molar-refractivity contribution in [1.82, 2.24) is 4.40 Å². The average Bonchev–Trinajstić information content (AvgIpc) is 2.70. The topological polar surface area (TPSA) is 28.3 Å². The van der Waals surface area contributed by atoms with Crippen LogP contribution in [0.1, 0.15) is 0 Å². The van der Waals surface area contributed by atoms with Gasteiger partial charge in [-0.05, 0) is 12.1 Å². The minimum atomic E-state index is 0.589. The van der Waals surface area contributed by atoms with E-state index < -0.39 is 0 Å². The van der Waals surface area contributed by atoms with Gasteiger partial charge in [-0.2, -0.15) is 0 Å². The first kappa shape index (κ1) is 8.76. The summed E-state index contributed by atoms with van der Waals surface area (Å²) in [6, 6.07) is 16.4. The molecule has 2 heterocycles. The van der Waals surface area contributed by atoms with Crippen molar-refractivity contribution in [3.8, 4) is 0 Å². The smallest absolute Gasteiger partial charge is 0.0648 e. The number of para-hydroxylation sites is 2. The van der Waals surface area contributed by atoms with E-state index in [2.05, 4.69) is 34.7 Å². The number of pyridine rings is 1. The van der Waals surface area contributed by atoms with Crippen molar-refractivity contribution in [2.75, 3.05) is 0 Å². The zero-order valence-corrected chi connectivity index (χ0v) is 9.14. The fraction of sp³-hybridized carbons (Fsp3) is 0. The van der Waals surface area contributed by atoms with Crippen LogP contribution in [0.5, 0.6) is 0 Å². The Kier molecular flexibility index (Phi) is 1.47. The first-order chi connectivity index (χ1) is 8.36. The lowest BCUT2D eigenvalue weighted by molar-refractivity contribution is 1.21. The van der Waals surface area contributed by atoms with Crippen molar-refractivity contribution in [1.29, 1.82) is 5.41 Å². The quantitative estimate of drug-likeness (QED) is 0.469. The lowest BCUT2D eigenvalue weighted by Crippen LogP contribution is -2.01. The molecule has 0 amide bonds. The Hall–Kier alpha value is -2.35. The summed E-state index contributed by atoms with van der Waals surface area (Å²) in [5.74, 6) is 0. The predicted molar refractivity (Wildman–Crippen MR) is 69.4 cm³/mol. The maximum Gasteiger partial charge on any atom is 0.0648 e. The predicted octanol–water partition coefficient (Wildman–Crippen LogP) is 3.16. The van der Waals surface area contributed by atoms with Crippen LogP contribution in [0.4, 0.5) is 0 Å². The molecule has 0 atom stereocenters. The number of benzene rings is 2. The fourth-order valence-corrected chi connectivity index (χ4v) is 2.66. The van der Waals surface area contributed by atoms with Crippen molar-refractivity contribution in [2.24, 2.45) is 0 Å². The third-order valence-corrected chi connectivity index (χ3v) is 3.41. The number of rotatable bonds is 0.